The third-order valence-electron chi connectivity index (χ3n) is 4.09. The Morgan fingerprint density at radius 2 is 2.04 bits per heavy atom. The first-order valence-corrected chi connectivity index (χ1v) is 8.26. The van der Waals surface area contributed by atoms with Crippen LogP contribution < -0.4 is 10.6 Å². The van der Waals surface area contributed by atoms with Gasteiger partial charge in [0.1, 0.15) is 0 Å². The topological polar surface area (TPSA) is 53.6 Å². The monoisotopic (exact) mass is 359 g/mol. The molecule has 1 aliphatic rings. The fourth-order valence-corrected chi connectivity index (χ4v) is 2.81. The van der Waals surface area contributed by atoms with Gasteiger partial charge in [0.2, 0.25) is 5.91 Å². The van der Waals surface area contributed by atoms with E-state index >= 15 is 0 Å². The Labute approximate surface area is 145 Å². The molecule has 2 N–H and O–H groups in total. The number of halogens is 3. The lowest BCUT2D eigenvalue weighted by Crippen LogP contribution is -2.42. The summed E-state index contributed by atoms with van der Waals surface area (Å²) in [5.41, 5.74) is 0.199. The number of alkyl halides is 3. The maximum atomic E-state index is 12.6. The fraction of sp³-hybridized carbons (Fsp3) is 0.588. The number of hydrogen-bond acceptors (Lipinski definition) is 4. The number of amides is 1. The van der Waals surface area contributed by atoms with Gasteiger partial charge in [-0.1, -0.05) is 12.1 Å². The van der Waals surface area contributed by atoms with E-state index in [1.807, 2.05) is 0 Å². The number of hydrogen-bond donors (Lipinski definition) is 2. The summed E-state index contributed by atoms with van der Waals surface area (Å²) in [5, 5.41) is 5.95. The smallest absolute Gasteiger partial charge is 0.383 e. The van der Waals surface area contributed by atoms with Gasteiger partial charge in [0, 0.05) is 39.3 Å². The van der Waals surface area contributed by atoms with Crippen LogP contribution in [-0.2, 0) is 22.3 Å². The van der Waals surface area contributed by atoms with Crippen molar-refractivity contribution < 1.29 is 22.7 Å². The second kappa shape index (κ2) is 9.17. The van der Waals surface area contributed by atoms with Gasteiger partial charge in [-0.15, -0.1) is 0 Å². The number of nitrogens with one attached hydrogen (secondary N) is 2. The second-order valence-corrected chi connectivity index (χ2v) is 6.15. The summed E-state index contributed by atoms with van der Waals surface area (Å²) < 4.78 is 42.6. The Morgan fingerprint density at radius 1 is 1.32 bits per heavy atom. The molecule has 1 aromatic carbocycles. The zero-order valence-corrected chi connectivity index (χ0v) is 14.2. The van der Waals surface area contributed by atoms with Crippen molar-refractivity contribution in [2.75, 3.05) is 39.9 Å². The van der Waals surface area contributed by atoms with Crippen LogP contribution in [0.15, 0.2) is 24.3 Å². The average Bonchev–Trinajstić information content (AvgIpc) is 2.98. The molecule has 8 heteroatoms. The van der Waals surface area contributed by atoms with E-state index in [2.05, 4.69) is 15.5 Å². The number of nitrogens with zero attached hydrogens (tertiary/aromatic N) is 1. The van der Waals surface area contributed by atoms with E-state index in [4.69, 9.17) is 4.74 Å². The Hall–Kier alpha value is -1.64. The van der Waals surface area contributed by atoms with Gasteiger partial charge in [-0.2, -0.15) is 13.2 Å². The number of carbonyl (C=O) groups is 1. The summed E-state index contributed by atoms with van der Waals surface area (Å²) in [5.74, 6) is -0.0579. The van der Waals surface area contributed by atoms with Crippen molar-refractivity contribution in [3.63, 3.8) is 0 Å². The van der Waals surface area contributed by atoms with E-state index in [1.165, 1.54) is 12.1 Å². The molecule has 2 rings (SSSR count). The molecule has 1 unspecified atom stereocenters. The average molecular weight is 359 g/mol. The summed E-state index contributed by atoms with van der Waals surface area (Å²) >= 11 is 0. The predicted octanol–water partition coefficient (Wildman–Crippen LogP) is 1.63. The van der Waals surface area contributed by atoms with Gasteiger partial charge in [0.05, 0.1) is 18.7 Å². The SMILES string of the molecule is COCCNCC(=O)NC1CCN(Cc2ccc(C(F)(F)F)cc2)C1. The van der Waals surface area contributed by atoms with Crippen molar-refractivity contribution in [1.82, 2.24) is 15.5 Å². The lowest BCUT2D eigenvalue weighted by Gasteiger charge is -2.17. The second-order valence-electron chi connectivity index (χ2n) is 6.15. The molecule has 0 radical (unpaired) electrons. The van der Waals surface area contributed by atoms with E-state index in [-0.39, 0.29) is 18.5 Å². The Balaban J connectivity index is 1.72. The molecule has 5 nitrogen and oxygen atoms in total. The third kappa shape index (κ3) is 6.64. The minimum Gasteiger partial charge on any atom is -0.383 e. The van der Waals surface area contributed by atoms with Crippen LogP contribution in [0.3, 0.4) is 0 Å². The molecule has 140 valence electrons. The molecular weight excluding hydrogens is 335 g/mol. The number of methoxy groups -OCH3 is 1. The van der Waals surface area contributed by atoms with Crippen LogP contribution in [0.25, 0.3) is 0 Å². The van der Waals surface area contributed by atoms with Gasteiger partial charge in [-0.05, 0) is 24.1 Å². The first-order valence-electron chi connectivity index (χ1n) is 8.26. The first kappa shape index (κ1) is 19.7. The molecule has 1 amide bonds. The molecule has 1 saturated heterocycles. The van der Waals surface area contributed by atoms with Crippen LogP contribution in [-0.4, -0.2) is 56.7 Å². The summed E-state index contributed by atoms with van der Waals surface area (Å²) in [6.07, 6.45) is -3.47. The molecule has 1 heterocycles. The summed E-state index contributed by atoms with van der Waals surface area (Å²) in [7, 11) is 1.60. The normalized spacial score (nSPS) is 18.5. The number of ether oxygens (including phenoxy) is 1. The van der Waals surface area contributed by atoms with Crippen LogP contribution in [0.1, 0.15) is 17.5 Å². The number of rotatable bonds is 8. The van der Waals surface area contributed by atoms with Crippen molar-refractivity contribution in [3.05, 3.63) is 35.4 Å². The molecule has 0 bridgehead atoms. The van der Waals surface area contributed by atoms with Gasteiger partial charge < -0.3 is 15.4 Å². The molecule has 1 atom stereocenters. The lowest BCUT2D eigenvalue weighted by molar-refractivity contribution is -0.137. The summed E-state index contributed by atoms with van der Waals surface area (Å²) in [6, 6.07) is 5.31. The van der Waals surface area contributed by atoms with Crippen LogP contribution in [0, 0.1) is 0 Å². The number of likely N-dealkylation sites (tertiary alicyclic amines) is 1. The van der Waals surface area contributed by atoms with E-state index in [0.29, 0.717) is 26.2 Å². The van der Waals surface area contributed by atoms with Crippen molar-refractivity contribution in [1.29, 1.82) is 0 Å². The number of carbonyl (C=O) groups excluding carboxylic acids is 1. The van der Waals surface area contributed by atoms with E-state index < -0.39 is 11.7 Å². The van der Waals surface area contributed by atoms with E-state index in [0.717, 1.165) is 30.7 Å². The zero-order chi connectivity index (χ0) is 18.3. The van der Waals surface area contributed by atoms with Crippen LogP contribution >= 0.6 is 0 Å². The van der Waals surface area contributed by atoms with Gasteiger partial charge in [0.25, 0.3) is 0 Å². The largest absolute Gasteiger partial charge is 0.416 e. The van der Waals surface area contributed by atoms with Gasteiger partial charge >= 0.3 is 6.18 Å². The molecule has 1 aliphatic heterocycles. The predicted molar refractivity (Wildman–Crippen MR) is 88.0 cm³/mol. The highest BCUT2D eigenvalue weighted by molar-refractivity contribution is 5.78. The molecule has 25 heavy (non-hydrogen) atoms. The van der Waals surface area contributed by atoms with Crippen molar-refractivity contribution in [2.24, 2.45) is 0 Å². The standard InChI is InChI=1S/C17H24F3N3O2/c1-25-9-7-21-10-16(24)22-15-6-8-23(12-15)11-13-2-4-14(5-3-13)17(18,19)20/h2-5,15,21H,6-12H2,1H3,(H,22,24). The summed E-state index contributed by atoms with van der Waals surface area (Å²) in [4.78, 5) is 13.9. The van der Waals surface area contributed by atoms with Crippen molar-refractivity contribution in [2.45, 2.75) is 25.2 Å². The number of benzene rings is 1. The minimum absolute atomic E-state index is 0.0579. The molecular formula is C17H24F3N3O2. The maximum Gasteiger partial charge on any atom is 0.416 e. The van der Waals surface area contributed by atoms with Crippen molar-refractivity contribution in [3.8, 4) is 0 Å². The van der Waals surface area contributed by atoms with Crippen LogP contribution in [0.2, 0.25) is 0 Å². The zero-order valence-electron chi connectivity index (χ0n) is 14.2. The molecule has 0 aliphatic carbocycles. The Bertz CT molecular complexity index is 549. The van der Waals surface area contributed by atoms with E-state index in [9.17, 15) is 18.0 Å². The van der Waals surface area contributed by atoms with Crippen molar-refractivity contribution >= 4 is 5.91 Å². The molecule has 1 aromatic rings. The van der Waals surface area contributed by atoms with Gasteiger partial charge in [0.15, 0.2) is 0 Å². The van der Waals surface area contributed by atoms with Crippen LogP contribution in [0.5, 0.6) is 0 Å². The highest BCUT2D eigenvalue weighted by atomic mass is 19.4. The highest BCUT2D eigenvalue weighted by Crippen LogP contribution is 2.29. The van der Waals surface area contributed by atoms with E-state index in [1.54, 1.807) is 7.11 Å². The van der Waals surface area contributed by atoms with Crippen LogP contribution in [0.4, 0.5) is 13.2 Å². The summed E-state index contributed by atoms with van der Waals surface area (Å²) in [6.45, 7) is 3.51. The minimum atomic E-state index is -4.31. The maximum absolute atomic E-state index is 12.6. The quantitative estimate of drug-likeness (QED) is 0.693. The van der Waals surface area contributed by atoms with Gasteiger partial charge in [-0.3, -0.25) is 9.69 Å². The third-order valence-corrected chi connectivity index (χ3v) is 4.09. The molecule has 0 aromatic heterocycles. The molecule has 1 fully saturated rings. The molecule has 0 saturated carbocycles. The highest BCUT2D eigenvalue weighted by Gasteiger charge is 2.30. The Morgan fingerprint density at radius 3 is 2.68 bits per heavy atom. The lowest BCUT2D eigenvalue weighted by atomic mass is 10.1. The molecule has 0 spiro atoms. The first-order chi connectivity index (χ1) is 11.9. The van der Waals surface area contributed by atoms with Gasteiger partial charge in [-0.25, -0.2) is 0 Å². The Kier molecular flexibility index (Phi) is 7.22. The fourth-order valence-electron chi connectivity index (χ4n) is 2.81.